The van der Waals surface area contributed by atoms with Crippen LogP contribution in [0.5, 0.6) is 0 Å². The Hall–Kier alpha value is -1.53. The Morgan fingerprint density at radius 2 is 1.94 bits per heavy atom. The van der Waals surface area contributed by atoms with Crippen LogP contribution in [0.25, 0.3) is 0 Å². The van der Waals surface area contributed by atoms with Gasteiger partial charge in [-0.3, -0.25) is 4.79 Å². The smallest absolute Gasteiger partial charge is 0.327 e. The Bertz CT molecular complexity index is 411. The molecule has 0 aliphatic carbocycles. The quantitative estimate of drug-likeness (QED) is 0.549. The first-order chi connectivity index (χ1) is 8.54. The number of rotatable bonds is 6. The number of hydrogen-bond acceptors (Lipinski definition) is 4. The van der Waals surface area contributed by atoms with Crippen LogP contribution in [0, 0.1) is 0 Å². The highest BCUT2D eigenvalue weighted by molar-refractivity contribution is 7.80. The molecule has 0 fully saturated rings. The van der Waals surface area contributed by atoms with Crippen molar-refractivity contribution in [2.75, 3.05) is 5.75 Å². The van der Waals surface area contributed by atoms with Gasteiger partial charge in [-0.25, -0.2) is 4.79 Å². The Kier molecular flexibility index (Phi) is 5.67. The third kappa shape index (κ3) is 4.38. The zero-order chi connectivity index (χ0) is 13.5. The molecule has 1 aromatic carbocycles. The molecule has 98 valence electrons. The lowest BCUT2D eigenvalue weighted by Gasteiger charge is -2.16. The molecule has 0 spiro atoms. The molecule has 0 saturated heterocycles. The van der Waals surface area contributed by atoms with E-state index in [0.717, 1.165) is 5.56 Å². The van der Waals surface area contributed by atoms with Crippen LogP contribution in [0.2, 0.25) is 0 Å². The minimum atomic E-state index is -1.12. The number of carbonyl (C=O) groups excluding carboxylic acids is 1. The molecule has 0 bridgehead atoms. The van der Waals surface area contributed by atoms with Crippen molar-refractivity contribution in [1.82, 2.24) is 5.32 Å². The number of aliphatic carboxylic acids is 1. The van der Waals surface area contributed by atoms with Crippen LogP contribution in [0.1, 0.15) is 5.56 Å². The summed E-state index contributed by atoms with van der Waals surface area (Å²) in [5.41, 5.74) is 6.65. The predicted octanol–water partition coefficient (Wildman–Crippen LogP) is 0.0556. The van der Waals surface area contributed by atoms with Crippen molar-refractivity contribution in [3.8, 4) is 0 Å². The van der Waals surface area contributed by atoms with Gasteiger partial charge in [0.15, 0.2) is 0 Å². The molecular weight excluding hydrogens is 252 g/mol. The number of hydrogen-bond donors (Lipinski definition) is 4. The molecule has 18 heavy (non-hydrogen) atoms. The predicted molar refractivity (Wildman–Crippen MR) is 71.5 cm³/mol. The van der Waals surface area contributed by atoms with Crippen LogP contribution in [0.3, 0.4) is 0 Å². The van der Waals surface area contributed by atoms with Crippen molar-refractivity contribution in [2.24, 2.45) is 5.73 Å². The average molecular weight is 268 g/mol. The summed E-state index contributed by atoms with van der Waals surface area (Å²) < 4.78 is 0. The molecule has 1 aromatic rings. The number of nitrogens with two attached hydrogens (primary N) is 1. The molecule has 0 aromatic heterocycles. The first-order valence-electron chi connectivity index (χ1n) is 5.48. The van der Waals surface area contributed by atoms with E-state index in [2.05, 4.69) is 17.9 Å². The second-order valence-electron chi connectivity index (χ2n) is 3.88. The largest absolute Gasteiger partial charge is 0.480 e. The van der Waals surface area contributed by atoms with E-state index >= 15 is 0 Å². The van der Waals surface area contributed by atoms with Gasteiger partial charge in [-0.2, -0.15) is 12.6 Å². The topological polar surface area (TPSA) is 92.4 Å². The number of benzene rings is 1. The zero-order valence-electron chi connectivity index (χ0n) is 9.74. The number of amides is 1. The van der Waals surface area contributed by atoms with Crippen molar-refractivity contribution >= 4 is 24.5 Å². The van der Waals surface area contributed by atoms with E-state index in [9.17, 15) is 9.59 Å². The van der Waals surface area contributed by atoms with Gasteiger partial charge in [0.2, 0.25) is 5.91 Å². The minimum absolute atomic E-state index is 0.0269. The normalized spacial score (nSPS) is 13.7. The van der Waals surface area contributed by atoms with Gasteiger partial charge >= 0.3 is 5.97 Å². The van der Waals surface area contributed by atoms with E-state index in [0.29, 0.717) is 6.42 Å². The van der Waals surface area contributed by atoms with Crippen LogP contribution in [0.15, 0.2) is 30.3 Å². The van der Waals surface area contributed by atoms with E-state index in [1.807, 2.05) is 30.3 Å². The molecule has 0 aliphatic heterocycles. The molecule has 4 N–H and O–H groups in total. The molecular formula is C12H16N2O3S. The fraction of sp³-hybridized carbons (Fsp3) is 0.333. The van der Waals surface area contributed by atoms with Gasteiger partial charge in [-0.05, 0) is 12.0 Å². The van der Waals surface area contributed by atoms with Crippen molar-refractivity contribution < 1.29 is 14.7 Å². The van der Waals surface area contributed by atoms with E-state index in [1.54, 1.807) is 0 Å². The highest BCUT2D eigenvalue weighted by atomic mass is 32.1. The van der Waals surface area contributed by atoms with E-state index in [4.69, 9.17) is 10.8 Å². The second kappa shape index (κ2) is 7.03. The maximum Gasteiger partial charge on any atom is 0.327 e. The summed E-state index contributed by atoms with van der Waals surface area (Å²) in [6, 6.07) is 7.52. The number of thiol groups is 1. The number of carboxylic acids is 1. The first-order valence-corrected chi connectivity index (χ1v) is 6.11. The van der Waals surface area contributed by atoms with Crippen molar-refractivity contribution in [2.45, 2.75) is 18.5 Å². The third-order valence-electron chi connectivity index (χ3n) is 2.43. The van der Waals surface area contributed by atoms with Crippen LogP contribution in [0.4, 0.5) is 0 Å². The highest BCUT2D eigenvalue weighted by Gasteiger charge is 2.21. The van der Waals surface area contributed by atoms with E-state index in [1.165, 1.54) is 0 Å². The second-order valence-corrected chi connectivity index (χ2v) is 4.24. The molecule has 2 atom stereocenters. The molecule has 0 aliphatic rings. The molecule has 1 amide bonds. The van der Waals surface area contributed by atoms with Crippen LogP contribution < -0.4 is 11.1 Å². The van der Waals surface area contributed by atoms with Crippen molar-refractivity contribution in [3.63, 3.8) is 0 Å². The Labute approximate surface area is 111 Å². The summed E-state index contributed by atoms with van der Waals surface area (Å²) in [4.78, 5) is 22.4. The van der Waals surface area contributed by atoms with Gasteiger partial charge < -0.3 is 16.2 Å². The Balaban J connectivity index is 2.54. The monoisotopic (exact) mass is 268 g/mol. The SMILES string of the molecule is N[C@@H](Cc1ccccc1)C(=O)N[C@H](CS)C(=O)O. The van der Waals surface area contributed by atoms with Crippen LogP contribution in [-0.4, -0.2) is 34.8 Å². The van der Waals surface area contributed by atoms with Crippen LogP contribution >= 0.6 is 12.6 Å². The van der Waals surface area contributed by atoms with Gasteiger partial charge in [0.25, 0.3) is 0 Å². The summed E-state index contributed by atoms with van der Waals surface area (Å²) in [6.07, 6.45) is 0.367. The fourth-order valence-electron chi connectivity index (χ4n) is 1.42. The minimum Gasteiger partial charge on any atom is -0.480 e. The van der Waals surface area contributed by atoms with Crippen molar-refractivity contribution in [3.05, 3.63) is 35.9 Å². The lowest BCUT2D eigenvalue weighted by Crippen LogP contribution is -2.50. The molecule has 0 unspecified atom stereocenters. The van der Waals surface area contributed by atoms with E-state index < -0.39 is 24.0 Å². The first kappa shape index (κ1) is 14.5. The summed E-state index contributed by atoms with van der Waals surface area (Å²) in [7, 11) is 0. The maximum atomic E-state index is 11.7. The van der Waals surface area contributed by atoms with Gasteiger partial charge in [0, 0.05) is 5.75 Å². The summed E-state index contributed by atoms with van der Waals surface area (Å²) in [5, 5.41) is 11.1. The number of carbonyl (C=O) groups is 2. The summed E-state index contributed by atoms with van der Waals surface area (Å²) in [5.74, 6) is -1.58. The molecule has 6 heteroatoms. The maximum absolute atomic E-state index is 11.7. The Morgan fingerprint density at radius 1 is 1.33 bits per heavy atom. The van der Waals surface area contributed by atoms with Gasteiger partial charge in [0.05, 0.1) is 6.04 Å². The lowest BCUT2D eigenvalue weighted by atomic mass is 10.1. The van der Waals surface area contributed by atoms with Gasteiger partial charge in [0.1, 0.15) is 6.04 Å². The summed E-state index contributed by atoms with van der Waals surface area (Å²) in [6.45, 7) is 0. The summed E-state index contributed by atoms with van der Waals surface area (Å²) >= 11 is 3.86. The molecule has 0 radical (unpaired) electrons. The number of carboxylic acid groups (broad SMARTS) is 1. The molecule has 0 heterocycles. The van der Waals surface area contributed by atoms with Gasteiger partial charge in [-0.1, -0.05) is 30.3 Å². The molecule has 5 nitrogen and oxygen atoms in total. The Morgan fingerprint density at radius 3 is 2.44 bits per heavy atom. The number of nitrogens with one attached hydrogen (secondary N) is 1. The fourth-order valence-corrected chi connectivity index (χ4v) is 1.67. The van der Waals surface area contributed by atoms with Crippen molar-refractivity contribution in [1.29, 1.82) is 0 Å². The average Bonchev–Trinajstić information content (AvgIpc) is 2.36. The van der Waals surface area contributed by atoms with Gasteiger partial charge in [-0.15, -0.1) is 0 Å². The van der Waals surface area contributed by atoms with E-state index in [-0.39, 0.29) is 5.75 Å². The molecule has 1 rings (SSSR count). The zero-order valence-corrected chi connectivity index (χ0v) is 10.6. The molecule has 0 saturated carbocycles. The highest BCUT2D eigenvalue weighted by Crippen LogP contribution is 2.02. The van der Waals surface area contributed by atoms with Crippen LogP contribution in [-0.2, 0) is 16.0 Å². The lowest BCUT2D eigenvalue weighted by molar-refractivity contribution is -0.141. The standard InChI is InChI=1S/C12H16N2O3S/c13-9(6-8-4-2-1-3-5-8)11(15)14-10(7-18)12(16)17/h1-5,9-10,18H,6-7,13H2,(H,14,15)(H,16,17)/t9-,10+/m0/s1. The third-order valence-corrected chi connectivity index (χ3v) is 2.80.